The van der Waals surface area contributed by atoms with Crippen molar-refractivity contribution in [1.82, 2.24) is 28.9 Å². The second-order valence-electron chi connectivity index (χ2n) is 8.11. The monoisotopic (exact) mass is 494 g/mol. The lowest BCUT2D eigenvalue weighted by Crippen LogP contribution is -2.27. The predicted octanol–water partition coefficient (Wildman–Crippen LogP) is 4.23. The van der Waals surface area contributed by atoms with Crippen LogP contribution in [0.4, 0.5) is 0 Å². The Morgan fingerprint density at radius 1 is 1.00 bits per heavy atom. The molecule has 5 rings (SSSR count). The van der Waals surface area contributed by atoms with Crippen molar-refractivity contribution in [3.05, 3.63) is 72.6 Å². The van der Waals surface area contributed by atoms with E-state index in [-0.39, 0.29) is 0 Å². The number of thioether (sulfide) groups is 1. The maximum Gasteiger partial charge on any atom is 0.243 e. The van der Waals surface area contributed by atoms with Crippen molar-refractivity contribution in [3.8, 4) is 17.1 Å². The van der Waals surface area contributed by atoms with Gasteiger partial charge in [-0.1, -0.05) is 42.1 Å². The SMILES string of the molecule is CCn1c(SCc2cnn(-c3ccccc3)c2)nnc1-c1cccc(S(=O)(=O)N2CCCC2)c1. The lowest BCUT2D eigenvalue weighted by molar-refractivity contribution is 0.477. The highest BCUT2D eigenvalue weighted by atomic mass is 32.2. The minimum absolute atomic E-state index is 0.306. The fraction of sp³-hybridized carbons (Fsp3) is 0.292. The first kappa shape index (κ1) is 22.8. The number of hydrogen-bond donors (Lipinski definition) is 0. The molecule has 0 spiro atoms. The van der Waals surface area contributed by atoms with Crippen molar-refractivity contribution in [3.63, 3.8) is 0 Å². The molecule has 0 amide bonds. The van der Waals surface area contributed by atoms with Crippen molar-refractivity contribution in [2.24, 2.45) is 0 Å². The summed E-state index contributed by atoms with van der Waals surface area (Å²) in [7, 11) is -3.49. The molecule has 8 nitrogen and oxygen atoms in total. The van der Waals surface area contributed by atoms with Gasteiger partial charge < -0.3 is 4.57 Å². The average Bonchev–Trinajstić information content (AvgIpc) is 3.64. The van der Waals surface area contributed by atoms with Gasteiger partial charge in [0, 0.05) is 42.7 Å². The maximum absolute atomic E-state index is 13.0. The molecule has 0 saturated carbocycles. The highest BCUT2D eigenvalue weighted by molar-refractivity contribution is 7.98. The van der Waals surface area contributed by atoms with Crippen molar-refractivity contribution in [1.29, 1.82) is 0 Å². The van der Waals surface area contributed by atoms with E-state index in [0.717, 1.165) is 34.8 Å². The number of hydrogen-bond acceptors (Lipinski definition) is 6. The van der Waals surface area contributed by atoms with Crippen LogP contribution >= 0.6 is 11.8 Å². The molecular weight excluding hydrogens is 468 g/mol. The Bertz CT molecular complexity index is 1380. The van der Waals surface area contributed by atoms with Crippen LogP contribution in [0.2, 0.25) is 0 Å². The largest absolute Gasteiger partial charge is 0.302 e. The Hall–Kier alpha value is -2.95. The first-order chi connectivity index (χ1) is 16.6. The summed E-state index contributed by atoms with van der Waals surface area (Å²) in [5.41, 5.74) is 2.85. The molecule has 34 heavy (non-hydrogen) atoms. The Labute approximate surface area is 203 Å². The van der Waals surface area contributed by atoms with E-state index in [1.165, 1.54) is 0 Å². The smallest absolute Gasteiger partial charge is 0.243 e. The lowest BCUT2D eigenvalue weighted by atomic mass is 10.2. The van der Waals surface area contributed by atoms with Gasteiger partial charge >= 0.3 is 0 Å². The minimum atomic E-state index is -3.49. The summed E-state index contributed by atoms with van der Waals surface area (Å²) in [6.07, 6.45) is 5.70. The number of sulfonamides is 1. The van der Waals surface area contributed by atoms with Crippen molar-refractivity contribution < 1.29 is 8.42 Å². The highest BCUT2D eigenvalue weighted by Gasteiger charge is 2.27. The zero-order valence-electron chi connectivity index (χ0n) is 18.9. The topological polar surface area (TPSA) is 85.9 Å². The third-order valence-corrected chi connectivity index (χ3v) is 8.79. The molecule has 10 heteroatoms. The van der Waals surface area contributed by atoms with Crippen LogP contribution in [0.15, 0.2) is 77.0 Å². The number of nitrogens with zero attached hydrogens (tertiary/aromatic N) is 6. The first-order valence-electron chi connectivity index (χ1n) is 11.3. The fourth-order valence-electron chi connectivity index (χ4n) is 4.07. The van der Waals surface area contributed by atoms with Crippen LogP contribution in [-0.2, 0) is 22.3 Å². The summed E-state index contributed by atoms with van der Waals surface area (Å²) < 4.78 is 31.5. The van der Waals surface area contributed by atoms with E-state index < -0.39 is 10.0 Å². The van der Waals surface area contributed by atoms with Crippen molar-refractivity contribution in [2.45, 2.75) is 42.1 Å². The van der Waals surface area contributed by atoms with Gasteiger partial charge in [0.2, 0.25) is 10.0 Å². The van der Waals surface area contributed by atoms with Gasteiger partial charge in [-0.2, -0.15) is 9.40 Å². The summed E-state index contributed by atoms with van der Waals surface area (Å²) in [6.45, 7) is 3.88. The van der Waals surface area contributed by atoms with E-state index in [4.69, 9.17) is 0 Å². The van der Waals surface area contributed by atoms with Gasteiger partial charge in [-0.15, -0.1) is 10.2 Å². The van der Waals surface area contributed by atoms with E-state index in [2.05, 4.69) is 15.3 Å². The molecule has 0 radical (unpaired) electrons. The Morgan fingerprint density at radius 3 is 2.56 bits per heavy atom. The molecule has 1 aliphatic heterocycles. The maximum atomic E-state index is 13.0. The zero-order chi connectivity index (χ0) is 23.5. The molecule has 176 valence electrons. The fourth-order valence-corrected chi connectivity index (χ4v) is 6.55. The summed E-state index contributed by atoms with van der Waals surface area (Å²) in [5, 5.41) is 14.1. The van der Waals surface area contributed by atoms with Crippen LogP contribution in [0.3, 0.4) is 0 Å². The molecule has 1 fully saturated rings. The van der Waals surface area contributed by atoms with Gasteiger partial charge in [0.25, 0.3) is 0 Å². The van der Waals surface area contributed by atoms with E-state index >= 15 is 0 Å². The van der Waals surface area contributed by atoms with Gasteiger partial charge in [-0.25, -0.2) is 13.1 Å². The Morgan fingerprint density at radius 2 is 1.79 bits per heavy atom. The number of para-hydroxylation sites is 1. The highest BCUT2D eigenvalue weighted by Crippen LogP contribution is 2.29. The molecule has 2 aromatic heterocycles. The summed E-state index contributed by atoms with van der Waals surface area (Å²) in [5.74, 6) is 1.37. The van der Waals surface area contributed by atoms with E-state index in [1.807, 2.05) is 65.0 Å². The van der Waals surface area contributed by atoms with Crippen LogP contribution in [0.1, 0.15) is 25.3 Å². The van der Waals surface area contributed by atoms with Crippen LogP contribution in [-0.4, -0.2) is 50.4 Å². The summed E-state index contributed by atoms with van der Waals surface area (Å²) in [6, 6.07) is 17.0. The molecule has 0 unspecified atom stereocenters. The van der Waals surface area contributed by atoms with Crippen molar-refractivity contribution in [2.75, 3.05) is 13.1 Å². The molecule has 1 saturated heterocycles. The molecule has 1 aliphatic rings. The summed E-state index contributed by atoms with van der Waals surface area (Å²) in [4.78, 5) is 0.306. The second kappa shape index (κ2) is 9.73. The van der Waals surface area contributed by atoms with Crippen LogP contribution in [0.25, 0.3) is 17.1 Å². The number of aromatic nitrogens is 5. The standard InChI is InChI=1S/C24H26N6O2S2/c1-2-29-23(20-9-8-12-22(15-20)34(31,32)28-13-6-7-14-28)26-27-24(29)33-18-19-16-25-30(17-19)21-10-4-3-5-11-21/h3-5,8-12,15-17H,2,6-7,13-14,18H2,1H3. The first-order valence-corrected chi connectivity index (χ1v) is 13.7. The number of benzene rings is 2. The molecule has 4 aromatic rings. The van der Waals surface area contributed by atoms with Crippen molar-refractivity contribution >= 4 is 21.8 Å². The minimum Gasteiger partial charge on any atom is -0.302 e. The molecule has 0 atom stereocenters. The van der Waals surface area contributed by atoms with E-state index in [9.17, 15) is 8.42 Å². The second-order valence-corrected chi connectivity index (χ2v) is 11.0. The normalized spacial score (nSPS) is 14.6. The molecule has 0 N–H and O–H groups in total. The lowest BCUT2D eigenvalue weighted by Gasteiger charge is -2.16. The quantitative estimate of drug-likeness (QED) is 0.341. The van der Waals surface area contributed by atoms with Gasteiger partial charge in [0.15, 0.2) is 11.0 Å². The third kappa shape index (κ3) is 4.53. The van der Waals surface area contributed by atoms with Gasteiger partial charge in [-0.05, 0) is 44.0 Å². The van der Waals surface area contributed by atoms with Gasteiger partial charge in [0.05, 0.1) is 16.8 Å². The van der Waals surface area contributed by atoms with Gasteiger partial charge in [0.1, 0.15) is 0 Å². The number of rotatable bonds is 8. The summed E-state index contributed by atoms with van der Waals surface area (Å²) >= 11 is 1.59. The van der Waals surface area contributed by atoms with Crippen LogP contribution in [0.5, 0.6) is 0 Å². The molecular formula is C24H26N6O2S2. The Kier molecular flexibility index (Phi) is 6.53. The average molecular weight is 495 g/mol. The van der Waals surface area contributed by atoms with Crippen LogP contribution in [0, 0.1) is 0 Å². The molecule has 3 heterocycles. The molecule has 2 aromatic carbocycles. The third-order valence-electron chi connectivity index (χ3n) is 5.85. The predicted molar refractivity (Wildman–Crippen MR) is 132 cm³/mol. The van der Waals surface area contributed by atoms with E-state index in [0.29, 0.717) is 36.1 Å². The molecule has 0 aliphatic carbocycles. The van der Waals surface area contributed by atoms with Crippen LogP contribution < -0.4 is 0 Å². The molecule has 0 bridgehead atoms. The Balaban J connectivity index is 1.35. The van der Waals surface area contributed by atoms with Gasteiger partial charge in [-0.3, -0.25) is 0 Å². The van der Waals surface area contributed by atoms with E-state index in [1.54, 1.807) is 34.3 Å². The zero-order valence-corrected chi connectivity index (χ0v) is 20.5.